The largest absolute Gasteiger partial charge is 0.360 e. The average Bonchev–Trinajstić information content (AvgIpc) is 3.41. The van der Waals surface area contributed by atoms with Crippen LogP contribution in [0.1, 0.15) is 44.3 Å². The van der Waals surface area contributed by atoms with Crippen molar-refractivity contribution in [2.45, 2.75) is 62.8 Å². The topological polar surface area (TPSA) is 75.9 Å². The van der Waals surface area contributed by atoms with Crippen molar-refractivity contribution < 1.29 is 18.8 Å². The molecule has 4 heterocycles. The number of likely N-dealkylation sites (tertiary alicyclic amines) is 1. The Morgan fingerprint density at radius 3 is 2.82 bits per heavy atom. The first-order valence-electron chi connectivity index (χ1n) is 10.4. The Morgan fingerprint density at radius 2 is 2.11 bits per heavy atom. The molecule has 3 aliphatic heterocycles. The van der Waals surface area contributed by atoms with Crippen molar-refractivity contribution in [1.82, 2.24) is 15.0 Å². The summed E-state index contributed by atoms with van der Waals surface area (Å²) in [5.74, 6) is -0.196. The summed E-state index contributed by atoms with van der Waals surface area (Å²) in [6, 6.07) is 2.03. The summed E-state index contributed by atoms with van der Waals surface area (Å²) < 4.78 is 11.4. The lowest BCUT2D eigenvalue weighted by molar-refractivity contribution is -0.143. The first kappa shape index (κ1) is 17.9. The number of rotatable bonds is 4. The normalized spacial score (nSPS) is 34.7. The van der Waals surface area contributed by atoms with Gasteiger partial charge in [-0.1, -0.05) is 43.0 Å². The van der Waals surface area contributed by atoms with Crippen LogP contribution in [0.25, 0.3) is 0 Å². The van der Waals surface area contributed by atoms with Crippen molar-refractivity contribution in [3.05, 3.63) is 30.2 Å². The van der Waals surface area contributed by atoms with E-state index < -0.39 is 17.4 Å². The molecule has 1 saturated carbocycles. The summed E-state index contributed by atoms with van der Waals surface area (Å²) in [5, 5.41) is 3.69. The number of hydrogen-bond acceptors (Lipinski definition) is 5. The van der Waals surface area contributed by atoms with Gasteiger partial charge in [0.2, 0.25) is 11.8 Å². The summed E-state index contributed by atoms with van der Waals surface area (Å²) >= 11 is 0. The molecule has 1 aromatic heterocycles. The van der Waals surface area contributed by atoms with Gasteiger partial charge in [-0.05, 0) is 12.8 Å². The van der Waals surface area contributed by atoms with E-state index in [2.05, 4.69) is 5.16 Å². The van der Waals surface area contributed by atoms with Crippen molar-refractivity contribution in [1.29, 1.82) is 0 Å². The summed E-state index contributed by atoms with van der Waals surface area (Å²) in [7, 11) is 1.75. The number of carbonyl (C=O) groups excluding carboxylic acids is 2. The third-order valence-corrected chi connectivity index (χ3v) is 6.94. The molecule has 3 fully saturated rings. The van der Waals surface area contributed by atoms with E-state index in [-0.39, 0.29) is 24.0 Å². The maximum absolute atomic E-state index is 13.5. The molecule has 28 heavy (non-hydrogen) atoms. The van der Waals surface area contributed by atoms with Crippen LogP contribution >= 0.6 is 0 Å². The average molecular weight is 385 g/mol. The minimum Gasteiger partial charge on any atom is -0.360 e. The van der Waals surface area contributed by atoms with Crippen LogP contribution in [0, 0.1) is 11.8 Å². The second-order valence-corrected chi connectivity index (χ2v) is 8.68. The molecule has 2 amide bonds. The maximum Gasteiger partial charge on any atom is 0.230 e. The molecule has 0 aromatic carbocycles. The van der Waals surface area contributed by atoms with Crippen LogP contribution < -0.4 is 0 Å². The zero-order chi connectivity index (χ0) is 19.3. The smallest absolute Gasteiger partial charge is 0.230 e. The van der Waals surface area contributed by atoms with Gasteiger partial charge in [-0.3, -0.25) is 9.59 Å². The van der Waals surface area contributed by atoms with Crippen LogP contribution in [-0.4, -0.2) is 58.1 Å². The predicted molar refractivity (Wildman–Crippen MR) is 99.9 cm³/mol. The van der Waals surface area contributed by atoms with Gasteiger partial charge in [0.15, 0.2) is 5.76 Å². The van der Waals surface area contributed by atoms with E-state index in [9.17, 15) is 9.59 Å². The van der Waals surface area contributed by atoms with Gasteiger partial charge in [0, 0.05) is 19.2 Å². The standard InChI is InChI=1S/C21H27N3O4/c1-23(12-15-9-11-22-28-15)19(25)17-16-8-10-21(27-16)13-24(20(26)18(17)21)14-6-4-2-3-5-7-14/h8-11,14,16-18H,2-7,12-13H2,1H3/t16-,17+,18-,21-/m0/s1. The van der Waals surface area contributed by atoms with E-state index in [1.54, 1.807) is 24.2 Å². The van der Waals surface area contributed by atoms with E-state index in [1.807, 2.05) is 17.1 Å². The summed E-state index contributed by atoms with van der Waals surface area (Å²) in [4.78, 5) is 30.4. The van der Waals surface area contributed by atoms with Gasteiger partial charge in [-0.15, -0.1) is 0 Å². The third kappa shape index (κ3) is 2.70. The highest BCUT2D eigenvalue weighted by Gasteiger charge is 2.67. The highest BCUT2D eigenvalue weighted by atomic mass is 16.5. The van der Waals surface area contributed by atoms with Gasteiger partial charge in [-0.25, -0.2) is 0 Å². The van der Waals surface area contributed by atoms with Crippen LogP contribution in [0.5, 0.6) is 0 Å². The van der Waals surface area contributed by atoms with Crippen molar-refractivity contribution in [2.24, 2.45) is 11.8 Å². The molecule has 0 unspecified atom stereocenters. The highest BCUT2D eigenvalue weighted by Crippen LogP contribution is 2.53. The number of ether oxygens (including phenoxy) is 1. The maximum atomic E-state index is 13.5. The molecule has 0 N–H and O–H groups in total. The number of hydrogen-bond donors (Lipinski definition) is 0. The molecule has 150 valence electrons. The molecule has 4 atom stereocenters. The Labute approximate surface area is 164 Å². The SMILES string of the molecule is CN(Cc1ccno1)C(=O)[C@@H]1[C@@H]2C=C[C@@]3(CN(C4CCCCCC4)C(=O)[C@H]13)O2. The molecule has 0 radical (unpaired) electrons. The minimum absolute atomic E-state index is 0.0614. The molecule has 1 aliphatic carbocycles. The Morgan fingerprint density at radius 1 is 1.32 bits per heavy atom. The molecule has 7 nitrogen and oxygen atoms in total. The summed E-state index contributed by atoms with van der Waals surface area (Å²) in [6.07, 6.45) is 12.2. The van der Waals surface area contributed by atoms with Gasteiger partial charge < -0.3 is 19.1 Å². The van der Waals surface area contributed by atoms with Crippen molar-refractivity contribution in [2.75, 3.05) is 13.6 Å². The number of nitrogens with zero attached hydrogens (tertiary/aromatic N) is 3. The number of carbonyl (C=O) groups is 2. The Hall–Kier alpha value is -2.15. The van der Waals surface area contributed by atoms with Crippen LogP contribution in [0.4, 0.5) is 0 Å². The lowest BCUT2D eigenvalue weighted by atomic mass is 9.76. The van der Waals surface area contributed by atoms with Crippen molar-refractivity contribution in [3.8, 4) is 0 Å². The lowest BCUT2D eigenvalue weighted by Gasteiger charge is -2.30. The molecular weight excluding hydrogens is 358 g/mol. The van der Waals surface area contributed by atoms with Crippen LogP contribution in [0.3, 0.4) is 0 Å². The summed E-state index contributed by atoms with van der Waals surface area (Å²) in [5.41, 5.74) is -0.624. The van der Waals surface area contributed by atoms with Gasteiger partial charge in [0.05, 0.1) is 37.2 Å². The van der Waals surface area contributed by atoms with E-state index in [0.717, 1.165) is 12.8 Å². The quantitative estimate of drug-likeness (QED) is 0.586. The second kappa shape index (κ2) is 6.72. The Bertz CT molecular complexity index is 784. The van der Waals surface area contributed by atoms with Gasteiger partial charge in [0.1, 0.15) is 5.60 Å². The zero-order valence-electron chi connectivity index (χ0n) is 16.3. The van der Waals surface area contributed by atoms with Crippen LogP contribution in [0.2, 0.25) is 0 Å². The fourth-order valence-electron chi connectivity index (χ4n) is 5.58. The highest BCUT2D eigenvalue weighted by molar-refractivity contribution is 5.93. The third-order valence-electron chi connectivity index (χ3n) is 6.94. The molecule has 2 saturated heterocycles. The fraction of sp³-hybridized carbons (Fsp3) is 0.667. The van der Waals surface area contributed by atoms with Crippen LogP contribution in [-0.2, 0) is 20.9 Å². The van der Waals surface area contributed by atoms with Crippen LogP contribution in [0.15, 0.2) is 28.9 Å². The molecule has 4 aliphatic rings. The van der Waals surface area contributed by atoms with Gasteiger partial charge in [-0.2, -0.15) is 0 Å². The monoisotopic (exact) mass is 385 g/mol. The molecule has 2 bridgehead atoms. The number of aromatic nitrogens is 1. The minimum atomic E-state index is -0.624. The molecule has 1 spiro atoms. The van der Waals surface area contributed by atoms with Gasteiger partial charge in [0.25, 0.3) is 0 Å². The van der Waals surface area contributed by atoms with E-state index in [0.29, 0.717) is 18.8 Å². The fourth-order valence-corrected chi connectivity index (χ4v) is 5.58. The first-order valence-corrected chi connectivity index (χ1v) is 10.4. The van der Waals surface area contributed by atoms with Crippen molar-refractivity contribution >= 4 is 11.8 Å². The zero-order valence-corrected chi connectivity index (χ0v) is 16.3. The Kier molecular flexibility index (Phi) is 4.30. The Balaban J connectivity index is 1.37. The van der Waals surface area contributed by atoms with E-state index in [4.69, 9.17) is 9.26 Å². The first-order chi connectivity index (χ1) is 13.6. The second-order valence-electron chi connectivity index (χ2n) is 8.68. The van der Waals surface area contributed by atoms with Gasteiger partial charge >= 0.3 is 0 Å². The molecular formula is C21H27N3O4. The molecule has 7 heteroatoms. The van der Waals surface area contributed by atoms with E-state index in [1.165, 1.54) is 25.7 Å². The predicted octanol–water partition coefficient (Wildman–Crippen LogP) is 2.14. The lowest BCUT2D eigenvalue weighted by Crippen LogP contribution is -2.45. The summed E-state index contributed by atoms with van der Waals surface area (Å²) in [6.45, 7) is 0.926. The molecule has 1 aromatic rings. The van der Waals surface area contributed by atoms with Crippen molar-refractivity contribution in [3.63, 3.8) is 0 Å². The van der Waals surface area contributed by atoms with E-state index >= 15 is 0 Å². The molecule has 5 rings (SSSR count). The number of fused-ring (bicyclic) bond motifs is 1. The number of amides is 2.